The molecule has 0 aliphatic heterocycles. The zero-order valence-electron chi connectivity index (χ0n) is 13.1. The molecule has 0 radical (unpaired) electrons. The van der Waals surface area contributed by atoms with E-state index >= 15 is 0 Å². The van der Waals surface area contributed by atoms with Crippen molar-refractivity contribution in [2.24, 2.45) is 12.8 Å². The fourth-order valence-electron chi connectivity index (χ4n) is 2.65. The summed E-state index contributed by atoms with van der Waals surface area (Å²) in [4.78, 5) is 2.51. The lowest BCUT2D eigenvalue weighted by Crippen LogP contribution is -2.43. The molecule has 4 nitrogen and oxygen atoms in total. The van der Waals surface area contributed by atoms with Crippen LogP contribution >= 0.6 is 0 Å². The second kappa shape index (κ2) is 7.65. The third kappa shape index (κ3) is 4.62. The molecule has 1 heterocycles. The minimum absolute atomic E-state index is 0.105. The maximum Gasteiger partial charge on any atom is 0.0538 e. The molecule has 0 bridgehead atoms. The quantitative estimate of drug-likeness (QED) is 0.736. The predicted molar refractivity (Wildman–Crippen MR) is 81.0 cm³/mol. The minimum Gasteiger partial charge on any atom is -0.326 e. The van der Waals surface area contributed by atoms with Gasteiger partial charge < -0.3 is 5.73 Å². The van der Waals surface area contributed by atoms with Crippen LogP contribution in [0.1, 0.15) is 58.6 Å². The van der Waals surface area contributed by atoms with E-state index < -0.39 is 0 Å². The molecular weight excluding hydrogens is 236 g/mol. The molecule has 2 N–H and O–H groups in total. The van der Waals surface area contributed by atoms with E-state index in [1.807, 2.05) is 17.9 Å². The summed E-state index contributed by atoms with van der Waals surface area (Å²) in [6, 6.07) is 0.854. The summed E-state index contributed by atoms with van der Waals surface area (Å²) in [7, 11) is 1.96. The van der Waals surface area contributed by atoms with Crippen LogP contribution in [0.5, 0.6) is 0 Å². The highest BCUT2D eigenvalue weighted by molar-refractivity contribution is 5.13. The third-order valence-corrected chi connectivity index (χ3v) is 3.60. The van der Waals surface area contributed by atoms with Crippen molar-refractivity contribution in [2.75, 3.05) is 6.54 Å². The van der Waals surface area contributed by atoms with Crippen molar-refractivity contribution in [3.63, 3.8) is 0 Å². The lowest BCUT2D eigenvalue weighted by molar-refractivity contribution is 0.133. The van der Waals surface area contributed by atoms with Gasteiger partial charge in [-0.25, -0.2) is 0 Å². The van der Waals surface area contributed by atoms with Crippen LogP contribution in [0, 0.1) is 0 Å². The van der Waals surface area contributed by atoms with E-state index in [-0.39, 0.29) is 12.1 Å². The molecule has 2 atom stereocenters. The summed E-state index contributed by atoms with van der Waals surface area (Å²) < 4.78 is 1.86. The van der Waals surface area contributed by atoms with Gasteiger partial charge in [0.2, 0.25) is 0 Å². The first-order valence-electron chi connectivity index (χ1n) is 7.47. The Morgan fingerprint density at radius 2 is 2.00 bits per heavy atom. The number of nitrogens with zero attached hydrogens (tertiary/aromatic N) is 3. The molecule has 0 aromatic carbocycles. The number of unbranched alkanes of at least 4 members (excludes halogenated alkanes) is 2. The average molecular weight is 266 g/mol. The van der Waals surface area contributed by atoms with E-state index in [1.165, 1.54) is 24.8 Å². The van der Waals surface area contributed by atoms with E-state index in [0.717, 1.165) is 6.54 Å². The van der Waals surface area contributed by atoms with Gasteiger partial charge in [-0.05, 0) is 33.7 Å². The summed E-state index contributed by atoms with van der Waals surface area (Å²) in [6.45, 7) is 9.93. The van der Waals surface area contributed by atoms with Crippen molar-refractivity contribution in [2.45, 2.75) is 65.1 Å². The molecule has 0 amide bonds. The van der Waals surface area contributed by atoms with Crippen molar-refractivity contribution in [1.29, 1.82) is 0 Å². The molecule has 2 unspecified atom stereocenters. The highest BCUT2D eigenvalue weighted by Gasteiger charge is 2.26. The number of aryl methyl sites for hydroxylation is 1. The molecule has 4 heteroatoms. The van der Waals surface area contributed by atoms with Crippen LogP contribution in [-0.4, -0.2) is 33.3 Å². The Kier molecular flexibility index (Phi) is 6.52. The van der Waals surface area contributed by atoms with Crippen molar-refractivity contribution in [3.05, 3.63) is 18.0 Å². The highest BCUT2D eigenvalue weighted by atomic mass is 15.3. The first-order valence-corrected chi connectivity index (χ1v) is 7.47. The number of nitrogens with two attached hydrogens (primary N) is 1. The fraction of sp³-hybridized carbons (Fsp3) is 0.800. The molecule has 1 rings (SSSR count). The third-order valence-electron chi connectivity index (χ3n) is 3.60. The molecule has 0 saturated carbocycles. The second-order valence-electron chi connectivity index (χ2n) is 5.79. The van der Waals surface area contributed by atoms with Crippen molar-refractivity contribution >= 4 is 0 Å². The summed E-state index contributed by atoms with van der Waals surface area (Å²) in [5.74, 6) is 0. The van der Waals surface area contributed by atoms with Crippen LogP contribution in [0.15, 0.2) is 12.4 Å². The first-order chi connectivity index (χ1) is 8.97. The van der Waals surface area contributed by atoms with Gasteiger partial charge in [-0.15, -0.1) is 0 Å². The predicted octanol–water partition coefficient (Wildman–Crippen LogP) is 2.71. The highest BCUT2D eigenvalue weighted by Crippen LogP contribution is 2.25. The van der Waals surface area contributed by atoms with Gasteiger partial charge in [-0.2, -0.15) is 5.10 Å². The maximum atomic E-state index is 6.24. The van der Waals surface area contributed by atoms with Gasteiger partial charge in [0.05, 0.1) is 12.2 Å². The zero-order valence-corrected chi connectivity index (χ0v) is 13.1. The Balaban J connectivity index is 2.86. The minimum atomic E-state index is 0.105. The van der Waals surface area contributed by atoms with Crippen LogP contribution in [0.4, 0.5) is 0 Å². The standard InChI is InChI=1S/C15H30N4/c1-6-7-8-9-19(12(2)3)15(13(4)16)14-10-17-18(5)11-14/h10-13,15H,6-9,16H2,1-5H3. The van der Waals surface area contributed by atoms with Gasteiger partial charge in [0.1, 0.15) is 0 Å². The van der Waals surface area contributed by atoms with Crippen molar-refractivity contribution < 1.29 is 0 Å². The smallest absolute Gasteiger partial charge is 0.0538 e. The Morgan fingerprint density at radius 3 is 2.42 bits per heavy atom. The van der Waals surface area contributed by atoms with Gasteiger partial charge in [-0.3, -0.25) is 9.58 Å². The van der Waals surface area contributed by atoms with Gasteiger partial charge in [0.15, 0.2) is 0 Å². The number of aromatic nitrogens is 2. The zero-order chi connectivity index (χ0) is 14.4. The van der Waals surface area contributed by atoms with E-state index in [9.17, 15) is 0 Å². The normalized spacial score (nSPS) is 15.2. The maximum absolute atomic E-state index is 6.24. The van der Waals surface area contributed by atoms with E-state index in [2.05, 4.69) is 43.9 Å². The van der Waals surface area contributed by atoms with Gasteiger partial charge >= 0.3 is 0 Å². The fourth-order valence-corrected chi connectivity index (χ4v) is 2.65. The van der Waals surface area contributed by atoms with Crippen LogP contribution in [-0.2, 0) is 7.05 Å². The summed E-state index contributed by atoms with van der Waals surface area (Å²) in [6.07, 6.45) is 7.80. The Hall–Kier alpha value is -0.870. The molecule has 110 valence electrons. The van der Waals surface area contributed by atoms with Gasteiger partial charge in [0, 0.05) is 30.9 Å². The molecular formula is C15H30N4. The van der Waals surface area contributed by atoms with Gasteiger partial charge in [0.25, 0.3) is 0 Å². The number of rotatable bonds is 8. The summed E-state index contributed by atoms with van der Waals surface area (Å²) in [5.41, 5.74) is 7.47. The first kappa shape index (κ1) is 16.2. The number of hydrogen-bond acceptors (Lipinski definition) is 3. The lowest BCUT2D eigenvalue weighted by Gasteiger charge is -2.37. The summed E-state index contributed by atoms with van der Waals surface area (Å²) >= 11 is 0. The molecule has 0 fully saturated rings. The molecule has 1 aromatic rings. The van der Waals surface area contributed by atoms with Crippen LogP contribution < -0.4 is 5.73 Å². The Morgan fingerprint density at radius 1 is 1.32 bits per heavy atom. The Labute approximate surface area is 118 Å². The largest absolute Gasteiger partial charge is 0.326 e. The molecule has 1 aromatic heterocycles. The molecule has 0 saturated heterocycles. The lowest BCUT2D eigenvalue weighted by atomic mass is 10.00. The van der Waals surface area contributed by atoms with Crippen LogP contribution in [0.25, 0.3) is 0 Å². The topological polar surface area (TPSA) is 47.1 Å². The SMILES string of the molecule is CCCCCN(C(C)C)C(c1cnn(C)c1)C(C)N. The Bertz CT molecular complexity index is 357. The monoisotopic (exact) mass is 266 g/mol. The van der Waals surface area contributed by atoms with E-state index in [0.29, 0.717) is 6.04 Å². The van der Waals surface area contributed by atoms with Crippen LogP contribution in [0.2, 0.25) is 0 Å². The molecule has 19 heavy (non-hydrogen) atoms. The van der Waals surface area contributed by atoms with Crippen molar-refractivity contribution in [1.82, 2.24) is 14.7 Å². The summed E-state index contributed by atoms with van der Waals surface area (Å²) in [5, 5.41) is 4.29. The van der Waals surface area contributed by atoms with Crippen molar-refractivity contribution in [3.8, 4) is 0 Å². The molecule has 0 aliphatic carbocycles. The van der Waals surface area contributed by atoms with Crippen LogP contribution in [0.3, 0.4) is 0 Å². The number of hydrogen-bond donors (Lipinski definition) is 1. The average Bonchev–Trinajstić information content (AvgIpc) is 2.73. The van der Waals surface area contributed by atoms with E-state index in [1.54, 1.807) is 0 Å². The van der Waals surface area contributed by atoms with Gasteiger partial charge in [-0.1, -0.05) is 19.8 Å². The molecule has 0 spiro atoms. The van der Waals surface area contributed by atoms with E-state index in [4.69, 9.17) is 5.73 Å². The molecule has 0 aliphatic rings. The second-order valence-corrected chi connectivity index (χ2v) is 5.79.